The van der Waals surface area contributed by atoms with E-state index in [0.717, 1.165) is 0 Å². The highest BCUT2D eigenvalue weighted by atomic mass is 32.1. The molecule has 21 heavy (non-hydrogen) atoms. The zero-order valence-corrected chi connectivity index (χ0v) is 12.4. The van der Waals surface area contributed by atoms with Crippen LogP contribution in [0.25, 0.3) is 0 Å². The number of carboxylic acids is 1. The van der Waals surface area contributed by atoms with E-state index in [1.54, 1.807) is 10.3 Å². The molecule has 1 aromatic heterocycles. The van der Waals surface area contributed by atoms with Crippen LogP contribution in [0.5, 0.6) is 0 Å². The van der Waals surface area contributed by atoms with E-state index in [1.807, 2.05) is 0 Å². The summed E-state index contributed by atoms with van der Waals surface area (Å²) in [7, 11) is 0. The number of amides is 3. The average molecular weight is 311 g/mol. The van der Waals surface area contributed by atoms with Gasteiger partial charge in [-0.2, -0.15) is 0 Å². The third-order valence-electron chi connectivity index (χ3n) is 3.40. The molecule has 1 aromatic rings. The van der Waals surface area contributed by atoms with Gasteiger partial charge in [0.2, 0.25) is 5.91 Å². The third-order valence-corrected chi connectivity index (χ3v) is 4.23. The van der Waals surface area contributed by atoms with Gasteiger partial charge in [0, 0.05) is 26.1 Å². The number of anilines is 1. The van der Waals surface area contributed by atoms with Crippen LogP contribution in [0, 0.1) is 0 Å². The fraction of sp³-hybridized carbons (Fsp3) is 0.462. The van der Waals surface area contributed by atoms with Gasteiger partial charge >= 0.3 is 12.0 Å². The van der Waals surface area contributed by atoms with Crippen LogP contribution in [0.15, 0.2) is 11.4 Å². The van der Waals surface area contributed by atoms with Crippen molar-refractivity contribution >= 4 is 34.2 Å². The van der Waals surface area contributed by atoms with Crippen LogP contribution < -0.4 is 10.6 Å². The van der Waals surface area contributed by atoms with E-state index in [-0.39, 0.29) is 17.5 Å². The number of piperidine rings is 1. The Bertz CT molecular complexity index is 549. The van der Waals surface area contributed by atoms with Crippen LogP contribution in [0.4, 0.5) is 9.80 Å². The molecule has 1 aliphatic rings. The molecule has 114 valence electrons. The van der Waals surface area contributed by atoms with Crippen molar-refractivity contribution in [1.82, 2.24) is 10.2 Å². The van der Waals surface area contributed by atoms with Crippen LogP contribution in [0.2, 0.25) is 0 Å². The number of carboxylic acid groups (broad SMARTS) is 1. The Kier molecular flexibility index (Phi) is 4.79. The fourth-order valence-electron chi connectivity index (χ4n) is 2.24. The van der Waals surface area contributed by atoms with Gasteiger partial charge in [0.25, 0.3) is 0 Å². The average Bonchev–Trinajstić information content (AvgIpc) is 2.87. The predicted molar refractivity (Wildman–Crippen MR) is 78.7 cm³/mol. The Hall–Kier alpha value is -2.09. The maximum absolute atomic E-state index is 11.9. The Morgan fingerprint density at radius 3 is 2.57 bits per heavy atom. The van der Waals surface area contributed by atoms with E-state index >= 15 is 0 Å². The van der Waals surface area contributed by atoms with E-state index in [9.17, 15) is 14.4 Å². The van der Waals surface area contributed by atoms with Crippen LogP contribution >= 0.6 is 11.3 Å². The molecular weight excluding hydrogens is 294 g/mol. The van der Waals surface area contributed by atoms with Crippen LogP contribution in [0.1, 0.15) is 30.1 Å². The summed E-state index contributed by atoms with van der Waals surface area (Å²) in [5.74, 6) is -1.02. The smallest absolute Gasteiger partial charge is 0.338 e. The molecule has 0 saturated carbocycles. The second-order valence-corrected chi connectivity index (χ2v) is 5.76. The lowest BCUT2D eigenvalue weighted by molar-refractivity contribution is -0.129. The van der Waals surface area contributed by atoms with Gasteiger partial charge in [0.15, 0.2) is 0 Å². The molecule has 1 fully saturated rings. The zero-order chi connectivity index (χ0) is 15.4. The van der Waals surface area contributed by atoms with Crippen LogP contribution in [0.3, 0.4) is 0 Å². The van der Waals surface area contributed by atoms with Crippen molar-refractivity contribution in [3.05, 3.63) is 17.0 Å². The molecular formula is C13H17N3O4S. The quantitative estimate of drug-likeness (QED) is 0.789. The first kappa shape index (κ1) is 15.3. The minimum absolute atomic E-state index is 0.00570. The molecule has 0 atom stereocenters. The standard InChI is InChI=1S/C13H17N3O4S/c1-8(17)16-5-2-9(3-6-16)14-13(20)15-11-10(12(18)19)4-7-21-11/h4,7,9H,2-3,5-6H2,1H3,(H,18,19)(H2,14,15,20). The molecule has 0 unspecified atom stereocenters. The number of nitrogens with one attached hydrogen (secondary N) is 2. The fourth-order valence-corrected chi connectivity index (χ4v) is 3.01. The van der Waals surface area contributed by atoms with Gasteiger partial charge in [0.05, 0.1) is 5.56 Å². The molecule has 0 aromatic carbocycles. The first-order chi connectivity index (χ1) is 9.97. The number of rotatable bonds is 3. The molecule has 1 saturated heterocycles. The lowest BCUT2D eigenvalue weighted by Crippen LogP contribution is -2.47. The van der Waals surface area contributed by atoms with Crippen molar-refractivity contribution < 1.29 is 19.5 Å². The Balaban J connectivity index is 1.84. The summed E-state index contributed by atoms with van der Waals surface area (Å²) in [5.41, 5.74) is 0.0848. The molecule has 0 spiro atoms. The summed E-state index contributed by atoms with van der Waals surface area (Å²) in [6.45, 7) is 2.78. The van der Waals surface area contributed by atoms with Crippen LogP contribution in [-0.4, -0.2) is 47.0 Å². The minimum Gasteiger partial charge on any atom is -0.478 e. The van der Waals surface area contributed by atoms with Crippen molar-refractivity contribution in [3.63, 3.8) is 0 Å². The number of thiophene rings is 1. The highest BCUT2D eigenvalue weighted by molar-refractivity contribution is 7.14. The van der Waals surface area contributed by atoms with E-state index in [1.165, 1.54) is 24.3 Å². The predicted octanol–water partition coefficient (Wildman–Crippen LogP) is 1.58. The number of carbonyl (C=O) groups excluding carboxylic acids is 2. The second-order valence-electron chi connectivity index (χ2n) is 4.85. The number of hydrogen-bond donors (Lipinski definition) is 3. The molecule has 2 rings (SSSR count). The number of urea groups is 1. The molecule has 0 aliphatic carbocycles. The first-order valence-corrected chi connectivity index (χ1v) is 7.49. The van der Waals surface area contributed by atoms with Crippen molar-refractivity contribution in [1.29, 1.82) is 0 Å². The molecule has 7 nitrogen and oxygen atoms in total. The summed E-state index contributed by atoms with van der Waals surface area (Å²) in [4.78, 5) is 35.8. The molecule has 3 N–H and O–H groups in total. The van der Waals surface area contributed by atoms with E-state index in [0.29, 0.717) is 30.9 Å². The van der Waals surface area contributed by atoms with Gasteiger partial charge in [-0.1, -0.05) is 0 Å². The number of aromatic carboxylic acids is 1. The molecule has 2 heterocycles. The van der Waals surface area contributed by atoms with E-state index < -0.39 is 12.0 Å². The van der Waals surface area contributed by atoms with Crippen molar-refractivity contribution in [2.45, 2.75) is 25.8 Å². The Labute approximate surface area is 125 Å². The summed E-state index contributed by atoms with van der Waals surface area (Å²) >= 11 is 1.17. The van der Waals surface area contributed by atoms with E-state index in [4.69, 9.17) is 5.11 Å². The highest BCUT2D eigenvalue weighted by Crippen LogP contribution is 2.23. The Morgan fingerprint density at radius 2 is 2.00 bits per heavy atom. The minimum atomic E-state index is -1.07. The number of nitrogens with zero attached hydrogens (tertiary/aromatic N) is 1. The van der Waals surface area contributed by atoms with Crippen molar-refractivity contribution in [2.24, 2.45) is 0 Å². The second kappa shape index (κ2) is 6.57. The van der Waals surface area contributed by atoms with Gasteiger partial charge in [-0.05, 0) is 24.3 Å². The van der Waals surface area contributed by atoms with Gasteiger partial charge in [0.1, 0.15) is 5.00 Å². The van der Waals surface area contributed by atoms with Crippen LogP contribution in [-0.2, 0) is 4.79 Å². The maximum Gasteiger partial charge on any atom is 0.338 e. The van der Waals surface area contributed by atoms with Gasteiger partial charge in [-0.3, -0.25) is 10.1 Å². The highest BCUT2D eigenvalue weighted by Gasteiger charge is 2.22. The lowest BCUT2D eigenvalue weighted by atomic mass is 10.1. The first-order valence-electron chi connectivity index (χ1n) is 6.61. The maximum atomic E-state index is 11.9. The molecule has 0 radical (unpaired) electrons. The van der Waals surface area contributed by atoms with E-state index in [2.05, 4.69) is 10.6 Å². The monoisotopic (exact) mass is 311 g/mol. The summed E-state index contributed by atoms with van der Waals surface area (Å²) < 4.78 is 0. The van der Waals surface area contributed by atoms with Crippen molar-refractivity contribution in [3.8, 4) is 0 Å². The summed E-state index contributed by atoms with van der Waals surface area (Å²) in [6.07, 6.45) is 1.40. The molecule has 1 aliphatic heterocycles. The van der Waals surface area contributed by atoms with Gasteiger partial charge in [-0.15, -0.1) is 11.3 Å². The number of hydrogen-bond acceptors (Lipinski definition) is 4. The zero-order valence-electron chi connectivity index (χ0n) is 11.6. The SMILES string of the molecule is CC(=O)N1CCC(NC(=O)Nc2sccc2C(=O)O)CC1. The topological polar surface area (TPSA) is 98.7 Å². The largest absolute Gasteiger partial charge is 0.478 e. The molecule has 8 heteroatoms. The Morgan fingerprint density at radius 1 is 1.33 bits per heavy atom. The normalized spacial score (nSPS) is 15.6. The molecule has 3 amide bonds. The third kappa shape index (κ3) is 3.94. The van der Waals surface area contributed by atoms with Crippen molar-refractivity contribution in [2.75, 3.05) is 18.4 Å². The van der Waals surface area contributed by atoms with Gasteiger partial charge < -0.3 is 15.3 Å². The lowest BCUT2D eigenvalue weighted by Gasteiger charge is -2.31. The summed E-state index contributed by atoms with van der Waals surface area (Å²) in [5, 5.41) is 16.3. The van der Waals surface area contributed by atoms with Gasteiger partial charge in [-0.25, -0.2) is 9.59 Å². The number of carbonyl (C=O) groups is 3. The molecule has 0 bridgehead atoms. The number of likely N-dealkylation sites (tertiary alicyclic amines) is 1. The summed E-state index contributed by atoms with van der Waals surface area (Å²) in [6, 6.07) is 1.03.